The predicted octanol–water partition coefficient (Wildman–Crippen LogP) is 5.15. The number of nitrogens with zero attached hydrogens (tertiary/aromatic N) is 1. The number of anilines is 2. The molecule has 0 bridgehead atoms. The van der Waals surface area contributed by atoms with Crippen molar-refractivity contribution in [1.29, 1.82) is 0 Å². The Morgan fingerprint density at radius 2 is 1.60 bits per heavy atom. The molecule has 0 aliphatic rings. The highest BCUT2D eigenvalue weighted by atomic mass is 16.5. The molecule has 0 aliphatic heterocycles. The third-order valence-electron chi connectivity index (χ3n) is 4.30. The van der Waals surface area contributed by atoms with Crippen LogP contribution in [-0.4, -0.2) is 4.57 Å². The van der Waals surface area contributed by atoms with Gasteiger partial charge in [-0.2, -0.15) is 0 Å². The fourth-order valence-corrected chi connectivity index (χ4v) is 3.00. The zero-order valence-electron chi connectivity index (χ0n) is 13.6. The Bertz CT molecular complexity index is 993. The second kappa shape index (κ2) is 6.71. The fraction of sp³-hybridized carbons (Fsp3) is 0.0476. The molecular weight excluding hydrogens is 310 g/mol. The van der Waals surface area contributed by atoms with E-state index in [4.69, 9.17) is 0 Å². The van der Waals surface area contributed by atoms with Crippen LogP contribution in [0.4, 0.5) is 11.4 Å². The van der Waals surface area contributed by atoms with Gasteiger partial charge < -0.3 is 20.6 Å². The summed E-state index contributed by atoms with van der Waals surface area (Å²) in [4.78, 5) is 0. The van der Waals surface area contributed by atoms with Crippen LogP contribution in [0.25, 0.3) is 16.5 Å². The van der Waals surface area contributed by atoms with E-state index in [9.17, 15) is 5.21 Å². The van der Waals surface area contributed by atoms with Crippen molar-refractivity contribution in [3.63, 3.8) is 0 Å². The number of fused-ring (bicyclic) bond motifs is 1. The van der Waals surface area contributed by atoms with Crippen molar-refractivity contribution in [3.8, 4) is 5.69 Å². The maximum Gasteiger partial charge on any atom is 0.0675 e. The molecule has 0 saturated carbocycles. The van der Waals surface area contributed by atoms with Gasteiger partial charge in [0.1, 0.15) is 0 Å². The van der Waals surface area contributed by atoms with Gasteiger partial charge in [-0.05, 0) is 52.7 Å². The van der Waals surface area contributed by atoms with E-state index in [-0.39, 0.29) is 0 Å². The summed E-state index contributed by atoms with van der Waals surface area (Å²) in [6.45, 7) is 0.652. The summed E-state index contributed by atoms with van der Waals surface area (Å²) < 4.78 is 1.92. The first-order valence-corrected chi connectivity index (χ1v) is 8.20. The van der Waals surface area contributed by atoms with Crippen LogP contribution in [0, 0.1) is 5.21 Å². The molecule has 4 rings (SSSR count). The summed E-state index contributed by atoms with van der Waals surface area (Å²) in [6, 6.07) is 24.3. The van der Waals surface area contributed by atoms with Crippen molar-refractivity contribution >= 4 is 22.1 Å². The first-order chi connectivity index (χ1) is 12.3. The second-order valence-corrected chi connectivity index (χ2v) is 5.96. The molecule has 3 aromatic carbocycles. The molecule has 0 radical (unpaired) electrons. The van der Waals surface area contributed by atoms with E-state index < -0.39 is 0 Å². The van der Waals surface area contributed by atoms with Crippen LogP contribution < -0.4 is 10.8 Å². The van der Waals surface area contributed by atoms with Crippen LogP contribution in [0.1, 0.15) is 5.56 Å². The van der Waals surface area contributed by atoms with Crippen molar-refractivity contribution in [1.82, 2.24) is 4.57 Å². The Morgan fingerprint density at radius 3 is 2.40 bits per heavy atom. The first-order valence-electron chi connectivity index (χ1n) is 8.20. The maximum absolute atomic E-state index is 11.3. The molecule has 0 atom stereocenters. The molecule has 0 spiro atoms. The molecule has 1 aromatic heterocycles. The van der Waals surface area contributed by atoms with Crippen molar-refractivity contribution < 1.29 is 0 Å². The molecule has 0 fully saturated rings. The average Bonchev–Trinajstić information content (AvgIpc) is 3.20. The normalized spacial score (nSPS) is 10.8. The molecule has 4 heteroatoms. The lowest BCUT2D eigenvalue weighted by Crippen LogP contribution is -2.02. The predicted molar refractivity (Wildman–Crippen MR) is 104 cm³/mol. The minimum absolute atomic E-state index is 0.564. The van der Waals surface area contributed by atoms with Crippen molar-refractivity contribution in [2.24, 2.45) is 0 Å². The van der Waals surface area contributed by atoms with Gasteiger partial charge in [-0.15, -0.1) is 0 Å². The molecule has 0 saturated heterocycles. The Kier molecular flexibility index (Phi) is 4.11. The van der Waals surface area contributed by atoms with Gasteiger partial charge in [-0.3, -0.25) is 0 Å². The van der Waals surface area contributed by atoms with E-state index >= 15 is 0 Å². The summed E-state index contributed by atoms with van der Waals surface area (Å²) in [5, 5.41) is 17.2. The fourth-order valence-electron chi connectivity index (χ4n) is 3.00. The Balaban J connectivity index is 1.54. The lowest BCUT2D eigenvalue weighted by molar-refractivity contribution is 1.07. The first kappa shape index (κ1) is 15.3. The Labute approximate surface area is 146 Å². The zero-order valence-corrected chi connectivity index (χ0v) is 13.6. The maximum atomic E-state index is 11.3. The van der Waals surface area contributed by atoms with Crippen LogP contribution in [0.5, 0.6) is 0 Å². The van der Waals surface area contributed by atoms with E-state index in [1.807, 2.05) is 64.9 Å². The highest BCUT2D eigenvalue weighted by Gasteiger charge is 2.03. The van der Waals surface area contributed by atoms with Gasteiger partial charge >= 0.3 is 0 Å². The van der Waals surface area contributed by atoms with E-state index in [0.717, 1.165) is 16.9 Å². The van der Waals surface area contributed by atoms with Crippen LogP contribution in [-0.2, 0) is 6.54 Å². The minimum Gasteiger partial charge on any atom is -0.761 e. The standard InChI is InChI=1S/C21H18N3O/c25-23-20-13-16(7-10-21(20)24-11-3-4-12-24)15-22-19-9-8-17-5-1-2-6-18(17)14-19/h1-14,22-23H,15H2/q-1. The molecule has 0 unspecified atom stereocenters. The van der Waals surface area contributed by atoms with E-state index in [2.05, 4.69) is 35.6 Å². The largest absolute Gasteiger partial charge is 0.761 e. The minimum atomic E-state index is 0.564. The molecular formula is C21H18N3O-. The molecule has 124 valence electrons. The van der Waals surface area contributed by atoms with Crippen molar-refractivity contribution in [2.75, 3.05) is 10.8 Å². The molecule has 0 aliphatic carbocycles. The summed E-state index contributed by atoms with van der Waals surface area (Å²) in [7, 11) is 0. The molecule has 4 nitrogen and oxygen atoms in total. The number of aromatic nitrogens is 1. The average molecular weight is 328 g/mol. The summed E-state index contributed by atoms with van der Waals surface area (Å²) in [6.07, 6.45) is 3.84. The smallest absolute Gasteiger partial charge is 0.0675 e. The van der Waals surface area contributed by atoms with E-state index in [1.165, 1.54) is 10.8 Å². The lowest BCUT2D eigenvalue weighted by Gasteiger charge is -2.17. The lowest BCUT2D eigenvalue weighted by atomic mass is 10.1. The van der Waals surface area contributed by atoms with Gasteiger partial charge in [0.05, 0.1) is 5.69 Å². The summed E-state index contributed by atoms with van der Waals surface area (Å²) in [5.41, 5.74) is 5.56. The SMILES string of the molecule is [O-]Nc1cc(CNc2ccc3ccccc3c2)ccc1-n1cccc1. The third-order valence-corrected chi connectivity index (χ3v) is 4.30. The third kappa shape index (κ3) is 3.20. The monoisotopic (exact) mass is 328 g/mol. The summed E-state index contributed by atoms with van der Waals surface area (Å²) in [5.74, 6) is 0. The van der Waals surface area contributed by atoms with Gasteiger partial charge in [-0.1, -0.05) is 36.4 Å². The van der Waals surface area contributed by atoms with Crippen molar-refractivity contribution in [3.05, 3.63) is 96.0 Å². The number of rotatable bonds is 5. The zero-order chi connectivity index (χ0) is 17.1. The van der Waals surface area contributed by atoms with Gasteiger partial charge in [0.2, 0.25) is 0 Å². The summed E-state index contributed by atoms with van der Waals surface area (Å²) >= 11 is 0. The second-order valence-electron chi connectivity index (χ2n) is 5.96. The van der Waals surface area contributed by atoms with Gasteiger partial charge in [0.15, 0.2) is 0 Å². The van der Waals surface area contributed by atoms with Crippen molar-refractivity contribution in [2.45, 2.75) is 6.54 Å². The Hall–Kier alpha value is -3.24. The van der Waals surface area contributed by atoms with Gasteiger partial charge in [0.25, 0.3) is 0 Å². The van der Waals surface area contributed by atoms with Crippen LogP contribution in [0.2, 0.25) is 0 Å². The van der Waals surface area contributed by atoms with Crippen LogP contribution in [0.3, 0.4) is 0 Å². The highest BCUT2D eigenvalue weighted by Crippen LogP contribution is 2.23. The molecule has 1 heterocycles. The van der Waals surface area contributed by atoms with Gasteiger partial charge in [0, 0.05) is 30.3 Å². The van der Waals surface area contributed by atoms with E-state index in [1.54, 1.807) is 0 Å². The van der Waals surface area contributed by atoms with E-state index in [0.29, 0.717) is 12.2 Å². The topological polar surface area (TPSA) is 52.0 Å². The number of hydrogen-bond acceptors (Lipinski definition) is 3. The molecule has 2 N–H and O–H groups in total. The Morgan fingerprint density at radius 1 is 0.800 bits per heavy atom. The quantitative estimate of drug-likeness (QED) is 0.498. The van der Waals surface area contributed by atoms with Crippen LogP contribution in [0.15, 0.2) is 85.2 Å². The number of hydrogen-bond donors (Lipinski definition) is 2. The molecule has 4 aromatic rings. The number of nitrogens with one attached hydrogen (secondary N) is 2. The number of benzene rings is 3. The molecule has 25 heavy (non-hydrogen) atoms. The molecule has 0 amide bonds. The van der Waals surface area contributed by atoms with Gasteiger partial charge in [-0.25, -0.2) is 0 Å². The van der Waals surface area contributed by atoms with Crippen LogP contribution >= 0.6 is 0 Å². The highest BCUT2D eigenvalue weighted by molar-refractivity contribution is 5.85.